The van der Waals surface area contributed by atoms with Gasteiger partial charge in [0.05, 0.1) is 5.71 Å². The van der Waals surface area contributed by atoms with Crippen LogP contribution in [0.15, 0.2) is 59.7 Å². The summed E-state index contributed by atoms with van der Waals surface area (Å²) in [6, 6.07) is 10.6. The zero-order valence-corrected chi connectivity index (χ0v) is 11.5. The van der Waals surface area contributed by atoms with Gasteiger partial charge in [-0.3, -0.25) is 0 Å². The molecule has 22 heavy (non-hydrogen) atoms. The number of primary amides is 1. The van der Waals surface area contributed by atoms with E-state index < -0.39 is 6.03 Å². The van der Waals surface area contributed by atoms with Crippen LogP contribution in [0.1, 0.15) is 11.1 Å². The van der Waals surface area contributed by atoms with E-state index in [1.54, 1.807) is 24.3 Å². The first kappa shape index (κ1) is 15.4. The predicted molar refractivity (Wildman–Crippen MR) is 81.1 cm³/mol. The molecule has 0 bridgehead atoms. The van der Waals surface area contributed by atoms with Gasteiger partial charge in [0.2, 0.25) is 0 Å². The van der Waals surface area contributed by atoms with Crippen LogP contribution in [0.3, 0.4) is 0 Å². The molecular weight excluding hydrogens is 288 g/mol. The van der Waals surface area contributed by atoms with E-state index in [2.05, 4.69) is 10.5 Å². The lowest BCUT2D eigenvalue weighted by Crippen LogP contribution is -2.25. The summed E-state index contributed by atoms with van der Waals surface area (Å²) >= 11 is 0. The topological polar surface area (TPSA) is 67.5 Å². The normalized spacial score (nSPS) is 11.6. The SMILES string of the molecule is NC(=O)N/N=C(\C=C\c1ccc(F)cc1)c1ccc(F)cc1. The van der Waals surface area contributed by atoms with Gasteiger partial charge in [-0.2, -0.15) is 5.10 Å². The van der Waals surface area contributed by atoms with Gasteiger partial charge >= 0.3 is 6.03 Å². The van der Waals surface area contributed by atoms with E-state index in [0.29, 0.717) is 11.3 Å². The second kappa shape index (κ2) is 7.12. The number of carbonyl (C=O) groups excluding carboxylic acids is 1. The highest BCUT2D eigenvalue weighted by molar-refractivity contribution is 6.10. The monoisotopic (exact) mass is 301 g/mol. The third-order valence-corrected chi connectivity index (χ3v) is 2.73. The van der Waals surface area contributed by atoms with Crippen molar-refractivity contribution in [2.24, 2.45) is 10.8 Å². The Morgan fingerprint density at radius 1 is 1.00 bits per heavy atom. The fourth-order valence-corrected chi connectivity index (χ4v) is 1.68. The van der Waals surface area contributed by atoms with Crippen LogP contribution in [0.4, 0.5) is 13.6 Å². The zero-order valence-electron chi connectivity index (χ0n) is 11.5. The van der Waals surface area contributed by atoms with Crippen molar-refractivity contribution in [3.05, 3.63) is 77.4 Å². The number of nitrogens with zero attached hydrogens (tertiary/aromatic N) is 1. The van der Waals surface area contributed by atoms with Gasteiger partial charge in [-0.15, -0.1) is 0 Å². The molecule has 112 valence electrons. The predicted octanol–water partition coefficient (Wildman–Crippen LogP) is 3.05. The molecule has 0 saturated carbocycles. The van der Waals surface area contributed by atoms with Crippen LogP contribution in [0, 0.1) is 11.6 Å². The van der Waals surface area contributed by atoms with Crippen molar-refractivity contribution < 1.29 is 13.6 Å². The van der Waals surface area contributed by atoms with Gasteiger partial charge in [-0.05, 0) is 48.0 Å². The van der Waals surface area contributed by atoms with Gasteiger partial charge in [0.25, 0.3) is 0 Å². The number of halogens is 2. The van der Waals surface area contributed by atoms with Crippen molar-refractivity contribution in [2.75, 3.05) is 0 Å². The van der Waals surface area contributed by atoms with Crippen LogP contribution in [0.25, 0.3) is 6.08 Å². The molecule has 0 radical (unpaired) electrons. The number of benzene rings is 2. The van der Waals surface area contributed by atoms with Gasteiger partial charge in [-0.1, -0.05) is 18.2 Å². The number of nitrogens with two attached hydrogens (primary N) is 1. The third-order valence-electron chi connectivity index (χ3n) is 2.73. The molecule has 4 nitrogen and oxygen atoms in total. The molecule has 0 unspecified atom stereocenters. The number of rotatable bonds is 4. The van der Waals surface area contributed by atoms with Gasteiger partial charge < -0.3 is 5.73 Å². The van der Waals surface area contributed by atoms with E-state index in [1.807, 2.05) is 0 Å². The minimum Gasteiger partial charge on any atom is -0.350 e. The average molecular weight is 301 g/mol. The van der Waals surface area contributed by atoms with Crippen molar-refractivity contribution >= 4 is 17.8 Å². The summed E-state index contributed by atoms with van der Waals surface area (Å²) in [5.74, 6) is -0.714. The summed E-state index contributed by atoms with van der Waals surface area (Å²) < 4.78 is 25.8. The molecule has 0 aliphatic carbocycles. The lowest BCUT2D eigenvalue weighted by atomic mass is 10.1. The number of amides is 2. The van der Waals surface area contributed by atoms with E-state index in [0.717, 1.165) is 5.56 Å². The molecule has 0 fully saturated rings. The molecular formula is C16H13F2N3O. The van der Waals surface area contributed by atoms with Crippen LogP contribution in [0.2, 0.25) is 0 Å². The molecule has 0 saturated heterocycles. The maximum Gasteiger partial charge on any atom is 0.332 e. The van der Waals surface area contributed by atoms with E-state index in [9.17, 15) is 13.6 Å². The Morgan fingerprint density at radius 2 is 1.55 bits per heavy atom. The first-order chi connectivity index (χ1) is 10.5. The Balaban J connectivity index is 2.28. The summed E-state index contributed by atoms with van der Waals surface area (Å²) in [5, 5.41) is 3.86. The number of carbonyl (C=O) groups is 1. The van der Waals surface area contributed by atoms with Gasteiger partial charge in [0.15, 0.2) is 0 Å². The summed E-state index contributed by atoms with van der Waals surface area (Å²) in [5.41, 5.74) is 8.82. The molecule has 0 atom stereocenters. The smallest absolute Gasteiger partial charge is 0.332 e. The maximum atomic E-state index is 13.0. The van der Waals surface area contributed by atoms with Crippen molar-refractivity contribution in [1.29, 1.82) is 0 Å². The van der Waals surface area contributed by atoms with Crippen LogP contribution < -0.4 is 11.2 Å². The summed E-state index contributed by atoms with van der Waals surface area (Å²) in [6.07, 6.45) is 3.29. The largest absolute Gasteiger partial charge is 0.350 e. The number of urea groups is 1. The quantitative estimate of drug-likeness (QED) is 0.661. The molecule has 2 rings (SSSR count). The van der Waals surface area contributed by atoms with Crippen molar-refractivity contribution in [3.63, 3.8) is 0 Å². The van der Waals surface area contributed by atoms with Crippen LogP contribution in [-0.2, 0) is 0 Å². The molecule has 0 spiro atoms. The highest BCUT2D eigenvalue weighted by Gasteiger charge is 2.02. The molecule has 0 heterocycles. The first-order valence-corrected chi connectivity index (χ1v) is 6.37. The van der Waals surface area contributed by atoms with E-state index in [-0.39, 0.29) is 11.6 Å². The summed E-state index contributed by atoms with van der Waals surface area (Å²) in [4.78, 5) is 10.8. The number of nitrogens with one attached hydrogen (secondary N) is 1. The molecule has 2 amide bonds. The minimum atomic E-state index is -0.810. The Labute approximate surface area is 126 Å². The van der Waals surface area contributed by atoms with Crippen molar-refractivity contribution in [2.45, 2.75) is 0 Å². The fraction of sp³-hybridized carbons (Fsp3) is 0. The second-order valence-corrected chi connectivity index (χ2v) is 4.36. The lowest BCUT2D eigenvalue weighted by Gasteiger charge is -2.02. The maximum absolute atomic E-state index is 13.0. The molecule has 2 aromatic carbocycles. The average Bonchev–Trinajstić information content (AvgIpc) is 2.50. The van der Waals surface area contributed by atoms with Gasteiger partial charge in [-0.25, -0.2) is 19.0 Å². The second-order valence-electron chi connectivity index (χ2n) is 4.36. The third kappa shape index (κ3) is 4.52. The van der Waals surface area contributed by atoms with E-state index in [4.69, 9.17) is 5.73 Å². The lowest BCUT2D eigenvalue weighted by molar-refractivity contribution is 0.249. The molecule has 0 aliphatic heterocycles. The standard InChI is InChI=1S/C16H13F2N3O/c17-13-6-1-11(2-7-13)3-10-15(20-21-16(19)22)12-4-8-14(18)9-5-12/h1-10H,(H3,19,21,22)/b10-3+,20-15+. The zero-order chi connectivity index (χ0) is 15.9. The molecule has 0 aromatic heterocycles. The molecule has 2 aromatic rings. The van der Waals surface area contributed by atoms with Crippen LogP contribution in [0.5, 0.6) is 0 Å². The Kier molecular flexibility index (Phi) is 4.98. The number of hydrogen-bond acceptors (Lipinski definition) is 2. The van der Waals surface area contributed by atoms with E-state index in [1.165, 1.54) is 36.4 Å². The molecule has 3 N–H and O–H groups in total. The summed E-state index contributed by atoms with van der Waals surface area (Å²) in [7, 11) is 0. The van der Waals surface area contributed by atoms with Crippen LogP contribution in [-0.4, -0.2) is 11.7 Å². The summed E-state index contributed by atoms with van der Waals surface area (Å²) in [6.45, 7) is 0. The number of hydrogen-bond donors (Lipinski definition) is 2. The van der Waals surface area contributed by atoms with Gasteiger partial charge in [0, 0.05) is 5.56 Å². The van der Waals surface area contributed by atoms with Gasteiger partial charge in [0.1, 0.15) is 11.6 Å². The molecule has 6 heteroatoms. The first-order valence-electron chi connectivity index (χ1n) is 6.37. The van der Waals surface area contributed by atoms with E-state index >= 15 is 0 Å². The Bertz CT molecular complexity index is 707. The highest BCUT2D eigenvalue weighted by Crippen LogP contribution is 2.09. The number of hydrazone groups is 1. The van der Waals surface area contributed by atoms with Crippen LogP contribution >= 0.6 is 0 Å². The Morgan fingerprint density at radius 3 is 2.09 bits per heavy atom. The minimum absolute atomic E-state index is 0.333. The molecule has 0 aliphatic rings. The highest BCUT2D eigenvalue weighted by atomic mass is 19.1. The van der Waals surface area contributed by atoms with Crippen molar-refractivity contribution in [3.8, 4) is 0 Å². The van der Waals surface area contributed by atoms with Crippen molar-refractivity contribution in [1.82, 2.24) is 5.43 Å². The number of allylic oxidation sites excluding steroid dienone is 1. The Hall–Kier alpha value is -3.02. The fourth-order valence-electron chi connectivity index (χ4n) is 1.68.